The number of amides is 1. The van der Waals surface area contributed by atoms with Gasteiger partial charge in [-0.2, -0.15) is 0 Å². The van der Waals surface area contributed by atoms with Gasteiger partial charge in [0.25, 0.3) is 0 Å². The summed E-state index contributed by atoms with van der Waals surface area (Å²) in [4.78, 5) is 14.8. The number of hydrogen-bond acceptors (Lipinski definition) is 3. The van der Waals surface area contributed by atoms with E-state index in [4.69, 9.17) is 21.1 Å². The standard InChI is InChI=1S/C21H24ClNO3/c1-25-17-10-11-18(20(14-17)26-2)19-4-3-13-23(19)21(24)12-7-15-5-8-16(22)9-6-15/h5-6,8-11,14,19H,3-4,7,12-13H2,1-2H3. The van der Waals surface area contributed by atoms with Gasteiger partial charge in [-0.25, -0.2) is 0 Å². The van der Waals surface area contributed by atoms with Crippen LogP contribution in [0.4, 0.5) is 0 Å². The molecular weight excluding hydrogens is 350 g/mol. The van der Waals surface area contributed by atoms with E-state index in [-0.39, 0.29) is 11.9 Å². The lowest BCUT2D eigenvalue weighted by Crippen LogP contribution is -2.30. The molecular formula is C21H24ClNO3. The average Bonchev–Trinajstić information content (AvgIpc) is 3.16. The summed E-state index contributed by atoms with van der Waals surface area (Å²) in [6.45, 7) is 0.791. The predicted octanol–water partition coefficient (Wildman–Crippen LogP) is 4.65. The molecule has 0 radical (unpaired) electrons. The molecule has 1 aliphatic rings. The van der Waals surface area contributed by atoms with Gasteiger partial charge in [-0.05, 0) is 49.1 Å². The van der Waals surface area contributed by atoms with E-state index in [0.717, 1.165) is 48.4 Å². The number of aryl methyl sites for hydroxylation is 1. The van der Waals surface area contributed by atoms with E-state index in [0.29, 0.717) is 11.4 Å². The van der Waals surface area contributed by atoms with Gasteiger partial charge in [-0.3, -0.25) is 4.79 Å². The summed E-state index contributed by atoms with van der Waals surface area (Å²) in [5.41, 5.74) is 2.17. The molecule has 1 atom stereocenters. The maximum absolute atomic E-state index is 12.8. The number of rotatable bonds is 6. The Kier molecular flexibility index (Phi) is 6.04. The molecule has 1 heterocycles. The van der Waals surface area contributed by atoms with Crippen molar-refractivity contribution in [3.8, 4) is 11.5 Å². The summed E-state index contributed by atoms with van der Waals surface area (Å²) in [5.74, 6) is 1.70. The summed E-state index contributed by atoms with van der Waals surface area (Å²) in [6.07, 6.45) is 3.18. The number of carbonyl (C=O) groups is 1. The van der Waals surface area contributed by atoms with Gasteiger partial charge in [0.15, 0.2) is 0 Å². The van der Waals surface area contributed by atoms with Crippen LogP contribution in [0.25, 0.3) is 0 Å². The van der Waals surface area contributed by atoms with Crippen LogP contribution in [0.2, 0.25) is 5.02 Å². The second-order valence-electron chi connectivity index (χ2n) is 6.48. The zero-order valence-electron chi connectivity index (χ0n) is 15.2. The van der Waals surface area contributed by atoms with E-state index in [1.165, 1.54) is 0 Å². The SMILES string of the molecule is COc1ccc(C2CCCN2C(=O)CCc2ccc(Cl)cc2)c(OC)c1. The zero-order chi connectivity index (χ0) is 18.5. The first-order chi connectivity index (χ1) is 12.6. The minimum atomic E-state index is 0.0635. The van der Waals surface area contributed by atoms with Gasteiger partial charge in [0.05, 0.1) is 20.3 Å². The first kappa shape index (κ1) is 18.6. The third-order valence-corrected chi connectivity index (χ3v) is 5.17. The van der Waals surface area contributed by atoms with Crippen LogP contribution in [0.3, 0.4) is 0 Å². The smallest absolute Gasteiger partial charge is 0.223 e. The quantitative estimate of drug-likeness (QED) is 0.739. The highest BCUT2D eigenvalue weighted by molar-refractivity contribution is 6.30. The van der Waals surface area contributed by atoms with Crippen molar-refractivity contribution in [3.63, 3.8) is 0 Å². The Morgan fingerprint density at radius 1 is 1.15 bits per heavy atom. The number of halogens is 1. The molecule has 1 fully saturated rings. The van der Waals surface area contributed by atoms with Crippen LogP contribution in [-0.2, 0) is 11.2 Å². The second-order valence-corrected chi connectivity index (χ2v) is 6.92. The monoisotopic (exact) mass is 373 g/mol. The van der Waals surface area contributed by atoms with E-state index in [1.54, 1.807) is 14.2 Å². The number of nitrogens with zero attached hydrogens (tertiary/aromatic N) is 1. The van der Waals surface area contributed by atoms with Crippen molar-refractivity contribution in [2.75, 3.05) is 20.8 Å². The highest BCUT2D eigenvalue weighted by atomic mass is 35.5. The van der Waals surface area contributed by atoms with Gasteiger partial charge in [0.2, 0.25) is 5.91 Å². The second kappa shape index (κ2) is 8.45. The Bertz CT molecular complexity index is 760. The van der Waals surface area contributed by atoms with Gasteiger partial charge in [0.1, 0.15) is 11.5 Å². The van der Waals surface area contributed by atoms with Crippen molar-refractivity contribution >= 4 is 17.5 Å². The molecule has 138 valence electrons. The Balaban J connectivity index is 1.71. The van der Waals surface area contributed by atoms with E-state index in [9.17, 15) is 4.79 Å². The Morgan fingerprint density at radius 2 is 1.92 bits per heavy atom. The lowest BCUT2D eigenvalue weighted by molar-refractivity contribution is -0.132. The van der Waals surface area contributed by atoms with E-state index in [1.807, 2.05) is 47.4 Å². The van der Waals surface area contributed by atoms with Crippen molar-refractivity contribution in [3.05, 3.63) is 58.6 Å². The predicted molar refractivity (Wildman–Crippen MR) is 103 cm³/mol. The van der Waals surface area contributed by atoms with Crippen LogP contribution in [0.15, 0.2) is 42.5 Å². The van der Waals surface area contributed by atoms with Gasteiger partial charge in [-0.15, -0.1) is 0 Å². The highest BCUT2D eigenvalue weighted by Crippen LogP contribution is 2.39. The number of carbonyl (C=O) groups excluding carboxylic acids is 1. The maximum Gasteiger partial charge on any atom is 0.223 e. The Labute approximate surface area is 159 Å². The molecule has 0 N–H and O–H groups in total. The molecule has 1 saturated heterocycles. The van der Waals surface area contributed by atoms with Crippen LogP contribution in [0, 0.1) is 0 Å². The van der Waals surface area contributed by atoms with Crippen LogP contribution in [0.5, 0.6) is 11.5 Å². The topological polar surface area (TPSA) is 38.8 Å². The molecule has 0 bridgehead atoms. The van der Waals surface area contributed by atoms with Crippen molar-refractivity contribution in [2.45, 2.75) is 31.7 Å². The average molecular weight is 374 g/mol. The molecule has 0 spiro atoms. The number of methoxy groups -OCH3 is 2. The van der Waals surface area contributed by atoms with Gasteiger partial charge < -0.3 is 14.4 Å². The van der Waals surface area contributed by atoms with Crippen molar-refractivity contribution in [2.24, 2.45) is 0 Å². The minimum absolute atomic E-state index is 0.0635. The third kappa shape index (κ3) is 4.13. The van der Waals surface area contributed by atoms with Crippen LogP contribution >= 0.6 is 11.6 Å². The molecule has 26 heavy (non-hydrogen) atoms. The van der Waals surface area contributed by atoms with Gasteiger partial charge in [0, 0.05) is 29.6 Å². The normalized spacial score (nSPS) is 16.6. The molecule has 0 aromatic heterocycles. The fourth-order valence-electron chi connectivity index (χ4n) is 3.53. The molecule has 0 aliphatic carbocycles. The Hall–Kier alpha value is -2.20. The van der Waals surface area contributed by atoms with Crippen LogP contribution in [-0.4, -0.2) is 31.6 Å². The van der Waals surface area contributed by atoms with Gasteiger partial charge in [-0.1, -0.05) is 23.7 Å². The fraction of sp³-hybridized carbons (Fsp3) is 0.381. The molecule has 5 heteroatoms. The maximum atomic E-state index is 12.8. The number of ether oxygens (including phenoxy) is 2. The number of likely N-dealkylation sites (tertiary alicyclic amines) is 1. The van der Waals surface area contributed by atoms with Crippen molar-refractivity contribution in [1.82, 2.24) is 4.90 Å². The van der Waals surface area contributed by atoms with Crippen LogP contribution in [0.1, 0.15) is 36.4 Å². The fourth-order valence-corrected chi connectivity index (χ4v) is 3.65. The first-order valence-corrected chi connectivity index (χ1v) is 9.26. The molecule has 1 amide bonds. The first-order valence-electron chi connectivity index (χ1n) is 8.88. The van der Waals surface area contributed by atoms with Crippen molar-refractivity contribution < 1.29 is 14.3 Å². The number of hydrogen-bond donors (Lipinski definition) is 0. The summed E-state index contributed by atoms with van der Waals surface area (Å²) in [7, 11) is 3.29. The minimum Gasteiger partial charge on any atom is -0.497 e. The highest BCUT2D eigenvalue weighted by Gasteiger charge is 2.31. The summed E-state index contributed by atoms with van der Waals surface area (Å²) >= 11 is 5.92. The third-order valence-electron chi connectivity index (χ3n) is 4.91. The zero-order valence-corrected chi connectivity index (χ0v) is 16.0. The molecule has 1 unspecified atom stereocenters. The number of benzene rings is 2. The molecule has 0 saturated carbocycles. The lowest BCUT2D eigenvalue weighted by atomic mass is 10.0. The summed E-state index contributed by atoms with van der Waals surface area (Å²) in [6, 6.07) is 13.6. The Morgan fingerprint density at radius 3 is 2.62 bits per heavy atom. The van der Waals surface area contributed by atoms with E-state index >= 15 is 0 Å². The molecule has 4 nitrogen and oxygen atoms in total. The summed E-state index contributed by atoms with van der Waals surface area (Å²) in [5, 5.41) is 0.714. The van der Waals surface area contributed by atoms with Gasteiger partial charge >= 0.3 is 0 Å². The summed E-state index contributed by atoms with van der Waals surface area (Å²) < 4.78 is 10.8. The molecule has 1 aliphatic heterocycles. The van der Waals surface area contributed by atoms with Crippen LogP contribution < -0.4 is 9.47 Å². The lowest BCUT2D eigenvalue weighted by Gasteiger charge is -2.26. The molecule has 2 aromatic rings. The van der Waals surface area contributed by atoms with Crippen molar-refractivity contribution in [1.29, 1.82) is 0 Å². The molecule has 3 rings (SSSR count). The van der Waals surface area contributed by atoms with E-state index in [2.05, 4.69) is 0 Å². The van der Waals surface area contributed by atoms with E-state index < -0.39 is 0 Å². The largest absolute Gasteiger partial charge is 0.497 e. The molecule has 2 aromatic carbocycles.